The molecular weight excluding hydrogens is 460 g/mol. The number of rotatable bonds is 3. The lowest BCUT2D eigenvalue weighted by atomic mass is 10.1. The lowest BCUT2D eigenvalue weighted by Crippen LogP contribution is -2.57. The van der Waals surface area contributed by atoms with E-state index in [1.54, 1.807) is 32.9 Å². The van der Waals surface area contributed by atoms with Crippen molar-refractivity contribution in [1.82, 2.24) is 24.9 Å². The van der Waals surface area contributed by atoms with Gasteiger partial charge in [0.15, 0.2) is 0 Å². The molecule has 3 heterocycles. The summed E-state index contributed by atoms with van der Waals surface area (Å²) in [6.07, 6.45) is -0.839. The molecule has 35 heavy (non-hydrogen) atoms. The number of ether oxygens (including phenoxy) is 1. The number of nitrogens with zero attached hydrogens (tertiary/aromatic N) is 5. The van der Waals surface area contributed by atoms with E-state index in [2.05, 4.69) is 5.32 Å². The third kappa shape index (κ3) is 5.08. The third-order valence-corrected chi connectivity index (χ3v) is 6.43. The van der Waals surface area contributed by atoms with E-state index in [1.807, 2.05) is 0 Å². The molecule has 0 aromatic heterocycles. The Kier molecular flexibility index (Phi) is 6.94. The quantitative estimate of drug-likeness (QED) is 0.624. The Morgan fingerprint density at radius 3 is 1.97 bits per heavy atom. The van der Waals surface area contributed by atoms with Gasteiger partial charge in [-0.25, -0.2) is 14.4 Å². The summed E-state index contributed by atoms with van der Waals surface area (Å²) in [6, 6.07) is 4.09. The van der Waals surface area contributed by atoms with Crippen molar-refractivity contribution < 1.29 is 33.8 Å². The number of piperazine rings is 2. The zero-order chi connectivity index (χ0) is 25.1. The fourth-order valence-electron chi connectivity index (χ4n) is 4.40. The molecule has 4 rings (SSSR count). The summed E-state index contributed by atoms with van der Waals surface area (Å²) in [5, 5.41) is 11.3. The van der Waals surface area contributed by atoms with Gasteiger partial charge in [0.1, 0.15) is 5.75 Å². The molecule has 0 spiro atoms. The zero-order valence-corrected chi connectivity index (χ0v) is 19.4. The van der Waals surface area contributed by atoms with Crippen LogP contribution in [0.5, 0.6) is 5.75 Å². The number of hydrogen-bond acceptors (Lipinski definition) is 6. The van der Waals surface area contributed by atoms with Gasteiger partial charge in [-0.15, -0.1) is 0 Å². The van der Waals surface area contributed by atoms with E-state index in [9.17, 15) is 24.0 Å². The van der Waals surface area contributed by atoms with Crippen LogP contribution < -0.4 is 15.0 Å². The topological polar surface area (TPSA) is 143 Å². The number of carbonyl (C=O) groups excluding carboxylic acids is 4. The second-order valence-electron chi connectivity index (χ2n) is 8.46. The third-order valence-electron chi connectivity index (χ3n) is 6.43. The molecule has 0 aliphatic carbocycles. The molecular formula is C22H28N6O7. The van der Waals surface area contributed by atoms with E-state index in [-0.39, 0.29) is 43.9 Å². The molecule has 3 saturated heterocycles. The molecule has 2 N–H and O–H groups in total. The SMILES string of the molecule is COc1ccc(C(=O)N2CCN(C(=O)N3CCN(C(=O)O)CC3)CC2)cc1N1CCC(=O)NC1=O. The minimum atomic E-state index is -0.986. The molecule has 188 valence electrons. The lowest BCUT2D eigenvalue weighted by Gasteiger charge is -2.40. The van der Waals surface area contributed by atoms with Gasteiger partial charge >= 0.3 is 18.2 Å². The summed E-state index contributed by atoms with van der Waals surface area (Å²) >= 11 is 0. The highest BCUT2D eigenvalue weighted by Crippen LogP contribution is 2.31. The van der Waals surface area contributed by atoms with Gasteiger partial charge < -0.3 is 29.4 Å². The fraction of sp³-hybridized carbons (Fsp3) is 0.500. The molecule has 0 bridgehead atoms. The monoisotopic (exact) mass is 488 g/mol. The number of carbonyl (C=O) groups is 5. The number of nitrogens with one attached hydrogen (secondary N) is 1. The number of imide groups is 1. The molecule has 3 aliphatic heterocycles. The first-order chi connectivity index (χ1) is 16.8. The number of anilines is 1. The fourth-order valence-corrected chi connectivity index (χ4v) is 4.40. The van der Waals surface area contributed by atoms with Crippen molar-refractivity contribution in [2.24, 2.45) is 0 Å². The van der Waals surface area contributed by atoms with Crippen LogP contribution in [0.4, 0.5) is 20.1 Å². The van der Waals surface area contributed by atoms with Crippen molar-refractivity contribution in [1.29, 1.82) is 0 Å². The van der Waals surface area contributed by atoms with Gasteiger partial charge in [-0.05, 0) is 18.2 Å². The van der Waals surface area contributed by atoms with Gasteiger partial charge in [-0.3, -0.25) is 19.8 Å². The summed E-state index contributed by atoms with van der Waals surface area (Å²) < 4.78 is 5.36. The molecule has 0 atom stereocenters. The molecule has 3 aliphatic rings. The lowest BCUT2D eigenvalue weighted by molar-refractivity contribution is -0.120. The highest BCUT2D eigenvalue weighted by atomic mass is 16.5. The van der Waals surface area contributed by atoms with Gasteiger partial charge in [0.25, 0.3) is 5.91 Å². The maximum absolute atomic E-state index is 13.2. The summed E-state index contributed by atoms with van der Waals surface area (Å²) in [6.45, 7) is 2.85. The number of hydrogen-bond donors (Lipinski definition) is 2. The van der Waals surface area contributed by atoms with Crippen LogP contribution in [-0.4, -0.2) is 121 Å². The van der Waals surface area contributed by atoms with E-state index in [0.717, 1.165) is 0 Å². The smallest absolute Gasteiger partial charge is 0.407 e. The van der Waals surface area contributed by atoms with Crippen molar-refractivity contribution in [3.8, 4) is 5.75 Å². The first-order valence-corrected chi connectivity index (χ1v) is 11.4. The van der Waals surface area contributed by atoms with Crippen molar-refractivity contribution >= 4 is 35.7 Å². The molecule has 0 unspecified atom stereocenters. The van der Waals surface area contributed by atoms with Crippen molar-refractivity contribution in [2.75, 3.05) is 70.9 Å². The number of benzene rings is 1. The van der Waals surface area contributed by atoms with Crippen molar-refractivity contribution in [3.05, 3.63) is 23.8 Å². The minimum Gasteiger partial charge on any atom is -0.495 e. The maximum Gasteiger partial charge on any atom is 0.407 e. The normalized spacial score (nSPS) is 18.9. The summed E-state index contributed by atoms with van der Waals surface area (Å²) in [4.78, 5) is 68.5. The molecule has 13 nitrogen and oxygen atoms in total. The van der Waals surface area contributed by atoms with Crippen molar-refractivity contribution in [3.63, 3.8) is 0 Å². The van der Waals surface area contributed by atoms with Crippen LogP contribution in [0.25, 0.3) is 0 Å². The van der Waals surface area contributed by atoms with E-state index < -0.39 is 12.1 Å². The summed E-state index contributed by atoms with van der Waals surface area (Å²) in [5.41, 5.74) is 0.771. The highest BCUT2D eigenvalue weighted by Gasteiger charge is 2.31. The predicted octanol–water partition coefficient (Wildman–Crippen LogP) is 0.315. The molecule has 7 amide bonds. The molecule has 1 aromatic rings. The first kappa shape index (κ1) is 24.1. The molecule has 3 fully saturated rings. The van der Waals surface area contributed by atoms with Crippen molar-refractivity contribution in [2.45, 2.75) is 6.42 Å². The second kappa shape index (κ2) is 10.1. The largest absolute Gasteiger partial charge is 0.495 e. The molecule has 13 heteroatoms. The van der Waals surface area contributed by atoms with Crippen LogP contribution in [0.2, 0.25) is 0 Å². The molecule has 0 saturated carbocycles. The number of methoxy groups -OCH3 is 1. The van der Waals surface area contributed by atoms with Crippen LogP contribution >= 0.6 is 0 Å². The Labute approximate surface area is 201 Å². The van der Waals surface area contributed by atoms with Crippen LogP contribution in [0.15, 0.2) is 18.2 Å². The van der Waals surface area contributed by atoms with Gasteiger partial charge in [-0.2, -0.15) is 0 Å². The van der Waals surface area contributed by atoms with Gasteiger partial charge in [-0.1, -0.05) is 0 Å². The van der Waals surface area contributed by atoms with Gasteiger partial charge in [0.05, 0.1) is 12.8 Å². The average Bonchev–Trinajstić information content (AvgIpc) is 2.87. The second-order valence-corrected chi connectivity index (χ2v) is 8.46. The van der Waals surface area contributed by atoms with E-state index >= 15 is 0 Å². The Balaban J connectivity index is 1.38. The van der Waals surface area contributed by atoms with Crippen LogP contribution in [0.1, 0.15) is 16.8 Å². The Morgan fingerprint density at radius 2 is 1.43 bits per heavy atom. The number of urea groups is 2. The average molecular weight is 489 g/mol. The van der Waals surface area contributed by atoms with E-state index in [0.29, 0.717) is 56.3 Å². The standard InChI is InChI=1S/C22H28N6O7/c1-35-17-3-2-15(14-16(17)28-5-4-18(29)23-20(28)31)19(30)24-6-8-25(9-7-24)21(32)26-10-12-27(13-11-26)22(33)34/h2-3,14H,4-13H2,1H3,(H,33,34)(H,23,29,31). The maximum atomic E-state index is 13.2. The minimum absolute atomic E-state index is 0.147. The van der Waals surface area contributed by atoms with Crippen LogP contribution in [0.3, 0.4) is 0 Å². The Morgan fingerprint density at radius 1 is 0.857 bits per heavy atom. The van der Waals surface area contributed by atoms with E-state index in [4.69, 9.17) is 9.84 Å². The Bertz CT molecular complexity index is 1030. The van der Waals surface area contributed by atoms with E-state index in [1.165, 1.54) is 16.9 Å². The Hall–Kier alpha value is -4.03. The molecule has 1 aromatic carbocycles. The first-order valence-electron chi connectivity index (χ1n) is 11.4. The predicted molar refractivity (Wildman–Crippen MR) is 123 cm³/mol. The zero-order valence-electron chi connectivity index (χ0n) is 19.4. The highest BCUT2D eigenvalue weighted by molar-refractivity contribution is 6.07. The summed E-state index contributed by atoms with van der Waals surface area (Å²) in [7, 11) is 1.46. The van der Waals surface area contributed by atoms with Crippen LogP contribution in [-0.2, 0) is 4.79 Å². The van der Waals surface area contributed by atoms with Gasteiger partial charge in [0.2, 0.25) is 5.91 Å². The molecule has 0 radical (unpaired) electrons. The number of carboxylic acid groups (broad SMARTS) is 1. The van der Waals surface area contributed by atoms with Gasteiger partial charge in [0, 0.05) is 70.9 Å². The number of amides is 7. The van der Waals surface area contributed by atoms with Crippen LogP contribution in [0, 0.1) is 0 Å². The summed E-state index contributed by atoms with van der Waals surface area (Å²) in [5.74, 6) is -0.178.